The third-order valence-corrected chi connectivity index (χ3v) is 3.85. The molecule has 1 amide bonds. The van der Waals surface area contributed by atoms with Crippen molar-refractivity contribution in [2.24, 2.45) is 0 Å². The number of aromatic hydroxyl groups is 1. The van der Waals surface area contributed by atoms with Gasteiger partial charge in [0, 0.05) is 20.7 Å². The maximum absolute atomic E-state index is 12.1. The Balaban J connectivity index is 2.23. The van der Waals surface area contributed by atoms with E-state index in [0.717, 1.165) is 4.47 Å². The lowest BCUT2D eigenvalue weighted by molar-refractivity contribution is 0.102. The third-order valence-electron chi connectivity index (χ3n) is 2.38. The zero-order valence-electron chi connectivity index (χ0n) is 9.45. The molecule has 0 saturated heterocycles. The lowest BCUT2D eigenvalue weighted by atomic mass is 10.2. The number of carbonyl (C=O) groups excluding carboxylic acids is 1. The van der Waals surface area contributed by atoms with Gasteiger partial charge >= 0.3 is 0 Å². The Morgan fingerprint density at radius 1 is 1.16 bits per heavy atom. The summed E-state index contributed by atoms with van der Waals surface area (Å²) < 4.78 is 1.55. The first-order valence-corrected chi connectivity index (χ1v) is 7.18. The molecule has 0 aliphatic heterocycles. The molecule has 2 aromatic carbocycles. The van der Waals surface area contributed by atoms with Crippen molar-refractivity contribution in [1.82, 2.24) is 0 Å². The summed E-state index contributed by atoms with van der Waals surface area (Å²) in [6, 6.07) is 9.79. The van der Waals surface area contributed by atoms with E-state index < -0.39 is 0 Å². The summed E-state index contributed by atoms with van der Waals surface area (Å²) in [5, 5.41) is 12.4. The van der Waals surface area contributed by atoms with E-state index in [-0.39, 0.29) is 16.7 Å². The molecule has 0 radical (unpaired) electrons. The van der Waals surface area contributed by atoms with Crippen LogP contribution < -0.4 is 5.32 Å². The number of halogens is 3. The van der Waals surface area contributed by atoms with Gasteiger partial charge in [-0.05, 0) is 46.3 Å². The smallest absolute Gasteiger partial charge is 0.256 e. The molecular formula is C13H8Br2ClNO2. The number of benzene rings is 2. The van der Waals surface area contributed by atoms with Gasteiger partial charge in [-0.15, -0.1) is 0 Å². The van der Waals surface area contributed by atoms with Crippen molar-refractivity contribution in [1.29, 1.82) is 0 Å². The van der Waals surface area contributed by atoms with Gasteiger partial charge in [0.25, 0.3) is 5.91 Å². The fourth-order valence-electron chi connectivity index (χ4n) is 1.46. The summed E-state index contributed by atoms with van der Waals surface area (Å²) in [7, 11) is 0. The summed E-state index contributed by atoms with van der Waals surface area (Å²) in [6.07, 6.45) is 0. The number of hydrogen-bond acceptors (Lipinski definition) is 2. The van der Waals surface area contributed by atoms with E-state index in [1.807, 2.05) is 0 Å². The molecule has 0 fully saturated rings. The first-order valence-electron chi connectivity index (χ1n) is 5.22. The van der Waals surface area contributed by atoms with E-state index in [0.29, 0.717) is 15.7 Å². The molecule has 0 spiro atoms. The highest BCUT2D eigenvalue weighted by Gasteiger charge is 2.11. The van der Waals surface area contributed by atoms with Crippen LogP contribution in [0.4, 0.5) is 5.69 Å². The highest BCUT2D eigenvalue weighted by molar-refractivity contribution is 9.11. The van der Waals surface area contributed by atoms with E-state index in [1.54, 1.807) is 24.3 Å². The van der Waals surface area contributed by atoms with Gasteiger partial charge < -0.3 is 10.4 Å². The van der Waals surface area contributed by atoms with Crippen LogP contribution in [0.5, 0.6) is 5.75 Å². The lowest BCUT2D eigenvalue weighted by Gasteiger charge is -2.08. The van der Waals surface area contributed by atoms with Crippen LogP contribution in [-0.2, 0) is 0 Å². The number of amides is 1. The molecule has 2 N–H and O–H groups in total. The molecule has 19 heavy (non-hydrogen) atoms. The fraction of sp³-hybridized carbons (Fsp3) is 0. The van der Waals surface area contributed by atoms with Crippen LogP contribution >= 0.6 is 43.5 Å². The van der Waals surface area contributed by atoms with Crippen molar-refractivity contribution < 1.29 is 9.90 Å². The van der Waals surface area contributed by atoms with Gasteiger partial charge in [0.05, 0.1) is 10.6 Å². The molecular weight excluding hydrogens is 397 g/mol. The van der Waals surface area contributed by atoms with Crippen molar-refractivity contribution in [3.05, 3.63) is 55.9 Å². The first kappa shape index (κ1) is 14.4. The van der Waals surface area contributed by atoms with Gasteiger partial charge in [-0.1, -0.05) is 27.5 Å². The van der Waals surface area contributed by atoms with Gasteiger partial charge in [-0.3, -0.25) is 4.79 Å². The van der Waals surface area contributed by atoms with Gasteiger partial charge in [0.15, 0.2) is 0 Å². The molecule has 0 aliphatic rings. The molecule has 0 bridgehead atoms. The molecule has 0 saturated carbocycles. The van der Waals surface area contributed by atoms with Gasteiger partial charge in [0.1, 0.15) is 5.75 Å². The number of hydrogen-bond donors (Lipinski definition) is 2. The summed E-state index contributed by atoms with van der Waals surface area (Å²) in [4.78, 5) is 12.1. The summed E-state index contributed by atoms with van der Waals surface area (Å²) in [6.45, 7) is 0. The second-order valence-electron chi connectivity index (χ2n) is 3.74. The number of phenols is 1. The number of rotatable bonds is 2. The van der Waals surface area contributed by atoms with E-state index in [2.05, 4.69) is 37.2 Å². The highest BCUT2D eigenvalue weighted by Crippen LogP contribution is 2.27. The van der Waals surface area contributed by atoms with Crippen LogP contribution in [0.15, 0.2) is 45.3 Å². The minimum absolute atomic E-state index is 0.0747. The third kappa shape index (κ3) is 3.49. The summed E-state index contributed by atoms with van der Waals surface area (Å²) in [5.41, 5.74) is 0.972. The Kier molecular flexibility index (Phi) is 4.50. The lowest BCUT2D eigenvalue weighted by Crippen LogP contribution is -2.12. The Hall–Kier alpha value is -1.04. The molecule has 0 heterocycles. The number of carbonyl (C=O) groups is 1. The summed E-state index contributed by atoms with van der Waals surface area (Å²) >= 11 is 12.3. The second kappa shape index (κ2) is 5.94. The average molecular weight is 405 g/mol. The van der Waals surface area contributed by atoms with E-state index in [4.69, 9.17) is 11.6 Å². The van der Waals surface area contributed by atoms with Crippen LogP contribution in [0, 0.1) is 0 Å². The molecule has 3 nitrogen and oxygen atoms in total. The molecule has 0 atom stereocenters. The zero-order chi connectivity index (χ0) is 14.0. The quantitative estimate of drug-likeness (QED) is 0.752. The van der Waals surface area contributed by atoms with Crippen LogP contribution in [-0.4, -0.2) is 11.0 Å². The number of anilines is 1. The SMILES string of the molecule is O=C(Nc1ccc(Cl)c(O)c1)c1ccc(Br)cc1Br. The van der Waals surface area contributed by atoms with Crippen molar-refractivity contribution >= 4 is 55.1 Å². The Labute approximate surface area is 131 Å². The standard InChI is InChI=1S/C13H8Br2ClNO2/c14-7-1-3-9(10(15)5-7)13(19)17-8-2-4-11(16)12(18)6-8/h1-6,18H,(H,17,19). The predicted molar refractivity (Wildman–Crippen MR) is 82.9 cm³/mol. The minimum atomic E-state index is -0.277. The molecule has 6 heteroatoms. The monoisotopic (exact) mass is 403 g/mol. The van der Waals surface area contributed by atoms with Crippen molar-refractivity contribution in [3.63, 3.8) is 0 Å². The minimum Gasteiger partial charge on any atom is -0.506 e. The van der Waals surface area contributed by atoms with Gasteiger partial charge in [-0.25, -0.2) is 0 Å². The number of nitrogens with one attached hydrogen (secondary N) is 1. The van der Waals surface area contributed by atoms with Crippen LogP contribution in [0.1, 0.15) is 10.4 Å². The second-order valence-corrected chi connectivity index (χ2v) is 5.92. The zero-order valence-corrected chi connectivity index (χ0v) is 13.4. The molecule has 0 unspecified atom stereocenters. The first-order chi connectivity index (χ1) is 8.97. The predicted octanol–water partition coefficient (Wildman–Crippen LogP) is 4.82. The Morgan fingerprint density at radius 2 is 1.89 bits per heavy atom. The van der Waals surface area contributed by atoms with E-state index in [9.17, 15) is 9.90 Å². The Morgan fingerprint density at radius 3 is 2.53 bits per heavy atom. The molecule has 98 valence electrons. The van der Waals surface area contributed by atoms with Crippen molar-refractivity contribution in [2.75, 3.05) is 5.32 Å². The topological polar surface area (TPSA) is 49.3 Å². The van der Waals surface area contributed by atoms with E-state index >= 15 is 0 Å². The van der Waals surface area contributed by atoms with E-state index in [1.165, 1.54) is 12.1 Å². The van der Waals surface area contributed by atoms with Crippen LogP contribution in [0.25, 0.3) is 0 Å². The normalized spacial score (nSPS) is 10.3. The maximum Gasteiger partial charge on any atom is 0.256 e. The molecule has 0 aliphatic carbocycles. The van der Waals surface area contributed by atoms with Crippen molar-refractivity contribution in [2.45, 2.75) is 0 Å². The largest absolute Gasteiger partial charge is 0.506 e. The van der Waals surface area contributed by atoms with Gasteiger partial charge in [-0.2, -0.15) is 0 Å². The molecule has 0 aromatic heterocycles. The number of phenolic OH excluding ortho intramolecular Hbond substituents is 1. The van der Waals surface area contributed by atoms with Crippen LogP contribution in [0.2, 0.25) is 5.02 Å². The summed E-state index contributed by atoms with van der Waals surface area (Å²) in [5.74, 6) is -0.351. The molecule has 2 rings (SSSR count). The molecule has 2 aromatic rings. The maximum atomic E-state index is 12.1. The fourth-order valence-corrected chi connectivity index (χ4v) is 2.81. The highest BCUT2D eigenvalue weighted by atomic mass is 79.9. The average Bonchev–Trinajstić information content (AvgIpc) is 2.33. The van der Waals surface area contributed by atoms with Crippen molar-refractivity contribution in [3.8, 4) is 5.75 Å². The van der Waals surface area contributed by atoms with Crippen LogP contribution in [0.3, 0.4) is 0 Å². The van der Waals surface area contributed by atoms with Gasteiger partial charge in [0.2, 0.25) is 0 Å². The Bertz CT molecular complexity index is 647.